The van der Waals surface area contributed by atoms with E-state index in [1.165, 1.54) is 44.5 Å². The fourth-order valence-electron chi connectivity index (χ4n) is 5.14. The third kappa shape index (κ3) is 5.42. The van der Waals surface area contributed by atoms with Crippen LogP contribution in [-0.4, -0.2) is 59.4 Å². The summed E-state index contributed by atoms with van der Waals surface area (Å²) in [6.07, 6.45) is -2.36. The van der Waals surface area contributed by atoms with Gasteiger partial charge in [0.05, 0.1) is 31.6 Å². The van der Waals surface area contributed by atoms with Crippen LogP contribution in [0.4, 0.5) is 17.6 Å². The van der Waals surface area contributed by atoms with Gasteiger partial charge in [0.15, 0.2) is 0 Å². The third-order valence-electron chi connectivity index (χ3n) is 8.17. The van der Waals surface area contributed by atoms with Gasteiger partial charge in [-0.3, -0.25) is 9.59 Å². The largest absolute Gasteiger partial charge is 0.495 e. The minimum Gasteiger partial charge on any atom is -0.495 e. The number of fused-ring (bicyclic) bond motifs is 2. The monoisotopic (exact) mass is 640 g/mol. The van der Waals surface area contributed by atoms with Crippen LogP contribution in [0.25, 0.3) is 22.2 Å². The van der Waals surface area contributed by atoms with Crippen LogP contribution in [0.2, 0.25) is 0 Å². The summed E-state index contributed by atoms with van der Waals surface area (Å²) in [5.41, 5.74) is -0.314. The number of primary amides is 1. The zero-order chi connectivity index (χ0) is 33.0. The minimum absolute atomic E-state index is 0.0337. The van der Waals surface area contributed by atoms with Gasteiger partial charge in [0.1, 0.15) is 46.3 Å². The first-order valence-electron chi connectivity index (χ1n) is 14.2. The lowest BCUT2D eigenvalue weighted by molar-refractivity contribution is -0.265. The van der Waals surface area contributed by atoms with Crippen LogP contribution in [0.1, 0.15) is 41.4 Å². The molecule has 0 saturated heterocycles. The molecule has 6 rings (SSSR count). The lowest BCUT2D eigenvalue weighted by Crippen LogP contribution is -2.51. The Balaban J connectivity index is 1.40. The predicted molar refractivity (Wildman–Crippen MR) is 156 cm³/mol. The highest BCUT2D eigenvalue weighted by atomic mass is 19.4. The van der Waals surface area contributed by atoms with Gasteiger partial charge in [-0.05, 0) is 68.3 Å². The molecule has 1 aliphatic carbocycles. The third-order valence-corrected chi connectivity index (χ3v) is 8.17. The van der Waals surface area contributed by atoms with Gasteiger partial charge in [-0.2, -0.15) is 13.2 Å². The van der Waals surface area contributed by atoms with Gasteiger partial charge in [-0.1, -0.05) is 0 Å². The van der Waals surface area contributed by atoms with Crippen LogP contribution >= 0.6 is 0 Å². The van der Waals surface area contributed by atoms with Crippen molar-refractivity contribution < 1.29 is 46.5 Å². The number of hydrogen-bond acceptors (Lipinski definition) is 8. The Kier molecular flexibility index (Phi) is 7.50. The minimum atomic E-state index is -5.37. The summed E-state index contributed by atoms with van der Waals surface area (Å²) in [7, 11) is 1.44. The van der Waals surface area contributed by atoms with Crippen LogP contribution in [0.5, 0.6) is 17.2 Å². The van der Waals surface area contributed by atoms with Crippen molar-refractivity contribution in [2.24, 2.45) is 5.73 Å². The molecule has 2 unspecified atom stereocenters. The number of methoxy groups -OCH3 is 1. The number of carbonyl (C=O) groups excluding carboxylic acids is 2. The van der Waals surface area contributed by atoms with E-state index in [2.05, 4.69) is 15.3 Å². The van der Waals surface area contributed by atoms with Gasteiger partial charge in [-0.15, -0.1) is 0 Å². The smallest absolute Gasteiger partial charge is 0.424 e. The van der Waals surface area contributed by atoms with Crippen LogP contribution < -0.4 is 25.3 Å². The number of benzene rings is 2. The number of ether oxygens (including phenoxy) is 3. The number of nitrogens with zero attached hydrogens (tertiary/aromatic N) is 2. The molecule has 46 heavy (non-hydrogen) atoms. The van der Waals surface area contributed by atoms with Gasteiger partial charge in [0.2, 0.25) is 11.5 Å². The number of halogens is 4. The maximum absolute atomic E-state index is 14.8. The molecule has 2 aromatic heterocycles. The second-order valence-electron chi connectivity index (χ2n) is 11.5. The summed E-state index contributed by atoms with van der Waals surface area (Å²) < 4.78 is 74.9. The maximum atomic E-state index is 14.8. The lowest BCUT2D eigenvalue weighted by atomic mass is 9.81. The summed E-state index contributed by atoms with van der Waals surface area (Å²) in [4.78, 5) is 34.3. The van der Waals surface area contributed by atoms with Crippen molar-refractivity contribution in [2.75, 3.05) is 20.3 Å². The van der Waals surface area contributed by atoms with Gasteiger partial charge in [-0.25, -0.2) is 14.4 Å². The predicted octanol–water partition coefficient (Wildman–Crippen LogP) is 4.30. The SMILES string of the molecule is COc1cnc2c(OC3CC3)cc(C(=O)NCC(O)(c3cc4c(c(-c5ccc(F)cc5)n3)OCC4(C)C(N)=O)C(F)(F)F)cc2c1. The van der Waals surface area contributed by atoms with E-state index in [1.54, 1.807) is 6.07 Å². The van der Waals surface area contributed by atoms with Crippen molar-refractivity contribution in [2.45, 2.75) is 43.1 Å². The van der Waals surface area contributed by atoms with Crippen molar-refractivity contribution in [3.8, 4) is 28.5 Å². The summed E-state index contributed by atoms with van der Waals surface area (Å²) >= 11 is 0. The average Bonchev–Trinajstić information content (AvgIpc) is 3.78. The lowest BCUT2D eigenvalue weighted by Gasteiger charge is -2.31. The summed E-state index contributed by atoms with van der Waals surface area (Å²) in [5, 5.41) is 14.0. The highest BCUT2D eigenvalue weighted by Crippen LogP contribution is 2.47. The first kappa shape index (κ1) is 31.0. The van der Waals surface area contributed by atoms with Gasteiger partial charge >= 0.3 is 6.18 Å². The molecule has 2 aromatic carbocycles. The van der Waals surface area contributed by atoms with Gasteiger partial charge in [0.25, 0.3) is 5.91 Å². The first-order chi connectivity index (χ1) is 21.7. The van der Waals surface area contributed by atoms with Crippen molar-refractivity contribution in [3.05, 3.63) is 77.4 Å². The molecule has 0 radical (unpaired) electrons. The summed E-state index contributed by atoms with van der Waals surface area (Å²) in [6, 6.07) is 9.98. The summed E-state index contributed by atoms with van der Waals surface area (Å²) in [6.45, 7) is -0.269. The Morgan fingerprint density at radius 2 is 1.87 bits per heavy atom. The number of aliphatic hydroxyl groups is 1. The van der Waals surface area contributed by atoms with Crippen molar-refractivity contribution in [1.29, 1.82) is 0 Å². The molecule has 1 aliphatic heterocycles. The maximum Gasteiger partial charge on any atom is 0.424 e. The van der Waals surface area contributed by atoms with Crippen LogP contribution in [0.15, 0.2) is 54.7 Å². The number of rotatable bonds is 9. The fourth-order valence-corrected chi connectivity index (χ4v) is 5.14. The Hall–Kier alpha value is -4.98. The molecule has 0 spiro atoms. The zero-order valence-electron chi connectivity index (χ0n) is 24.6. The Labute approximate surface area is 259 Å². The van der Waals surface area contributed by atoms with E-state index >= 15 is 0 Å². The molecule has 2 aliphatic rings. The Morgan fingerprint density at radius 3 is 2.50 bits per heavy atom. The van der Waals surface area contributed by atoms with Crippen LogP contribution in [0, 0.1) is 5.82 Å². The molecule has 4 aromatic rings. The first-order valence-corrected chi connectivity index (χ1v) is 14.2. The molecular formula is C32H28F4N4O6. The van der Waals surface area contributed by atoms with E-state index in [0.29, 0.717) is 16.7 Å². The number of aromatic nitrogens is 2. The number of nitrogens with one attached hydrogen (secondary N) is 1. The topological polar surface area (TPSA) is 146 Å². The van der Waals surface area contributed by atoms with Crippen molar-refractivity contribution >= 4 is 22.7 Å². The van der Waals surface area contributed by atoms with E-state index in [4.69, 9.17) is 19.9 Å². The molecule has 1 fully saturated rings. The molecule has 0 bridgehead atoms. The van der Waals surface area contributed by atoms with E-state index < -0.39 is 47.1 Å². The number of carbonyl (C=O) groups is 2. The second kappa shape index (κ2) is 11.1. The fraction of sp³-hybridized carbons (Fsp3) is 0.312. The molecule has 14 heteroatoms. The van der Waals surface area contributed by atoms with Crippen LogP contribution in [0.3, 0.4) is 0 Å². The molecule has 4 N–H and O–H groups in total. The number of pyridine rings is 2. The molecule has 2 atom stereocenters. The number of nitrogens with two attached hydrogens (primary N) is 1. The van der Waals surface area contributed by atoms with Crippen LogP contribution in [-0.2, 0) is 15.8 Å². The zero-order valence-corrected chi connectivity index (χ0v) is 24.6. The molecule has 2 amide bonds. The Morgan fingerprint density at radius 1 is 1.15 bits per heavy atom. The van der Waals surface area contributed by atoms with Crippen molar-refractivity contribution in [1.82, 2.24) is 15.3 Å². The second-order valence-corrected chi connectivity index (χ2v) is 11.5. The number of amides is 2. The molecule has 3 heterocycles. The standard InChI is InChI=1S/C32H28F4N4O6/c1-30(29(37)42)15-45-27-22(30)12-24(40-26(27)16-3-5-19(33)6-4-16)31(43,32(34,35)36)14-39-28(41)18-9-17-10-21(44-2)13-38-25(17)23(11-18)46-20-7-8-20/h3-6,9-13,20,43H,7-8,14-15H2,1-2H3,(H2,37,42)(H,39,41). The van der Waals surface area contributed by atoms with Gasteiger partial charge < -0.3 is 30.4 Å². The van der Waals surface area contributed by atoms with Gasteiger partial charge in [0, 0.05) is 22.1 Å². The average molecular weight is 641 g/mol. The molecular weight excluding hydrogens is 612 g/mol. The summed E-state index contributed by atoms with van der Waals surface area (Å²) in [5.74, 6) is -1.81. The Bertz CT molecular complexity index is 1860. The van der Waals surface area contributed by atoms with Crippen molar-refractivity contribution in [3.63, 3.8) is 0 Å². The van der Waals surface area contributed by atoms with E-state index in [0.717, 1.165) is 31.0 Å². The number of hydrogen-bond donors (Lipinski definition) is 3. The highest BCUT2D eigenvalue weighted by molar-refractivity contribution is 6.00. The number of alkyl halides is 3. The van der Waals surface area contributed by atoms with E-state index in [1.807, 2.05) is 0 Å². The normalized spacial score (nSPS) is 18.8. The quantitative estimate of drug-likeness (QED) is 0.230. The molecule has 10 nitrogen and oxygen atoms in total. The van der Waals surface area contributed by atoms with E-state index in [-0.39, 0.29) is 46.6 Å². The highest BCUT2D eigenvalue weighted by Gasteiger charge is 2.57. The molecule has 240 valence electrons. The molecule has 1 saturated carbocycles. The van der Waals surface area contributed by atoms with E-state index in [9.17, 15) is 32.3 Å².